The summed E-state index contributed by atoms with van der Waals surface area (Å²) in [5.74, 6) is 0.137. The highest BCUT2D eigenvalue weighted by molar-refractivity contribution is 6.30. The van der Waals surface area contributed by atoms with Gasteiger partial charge >= 0.3 is 6.09 Å². The molecule has 0 radical (unpaired) electrons. The van der Waals surface area contributed by atoms with Gasteiger partial charge in [-0.25, -0.2) is 9.48 Å². The van der Waals surface area contributed by atoms with Crippen molar-refractivity contribution in [3.05, 3.63) is 70.5 Å². The lowest BCUT2D eigenvalue weighted by molar-refractivity contribution is 0.0102. The summed E-state index contributed by atoms with van der Waals surface area (Å²) in [5.41, 5.74) is 3.40. The van der Waals surface area contributed by atoms with Crippen LogP contribution in [0.2, 0.25) is 5.02 Å². The van der Waals surface area contributed by atoms with Gasteiger partial charge in [0.25, 0.3) is 5.91 Å². The van der Waals surface area contributed by atoms with Crippen LogP contribution in [0.1, 0.15) is 81.9 Å². The van der Waals surface area contributed by atoms with Crippen LogP contribution in [0, 0.1) is 6.92 Å². The van der Waals surface area contributed by atoms with Gasteiger partial charge in [-0.2, -0.15) is 0 Å². The van der Waals surface area contributed by atoms with Crippen LogP contribution in [0.4, 0.5) is 10.5 Å². The first-order chi connectivity index (χ1) is 20.2. The molecule has 2 aliphatic rings. The van der Waals surface area contributed by atoms with Gasteiger partial charge in [-0.05, 0) is 103 Å². The van der Waals surface area contributed by atoms with E-state index in [1.807, 2.05) is 88.2 Å². The molecule has 9 nitrogen and oxygen atoms in total. The van der Waals surface area contributed by atoms with Crippen molar-refractivity contribution in [2.24, 2.45) is 0 Å². The van der Waals surface area contributed by atoms with Crippen molar-refractivity contribution >= 4 is 29.3 Å². The van der Waals surface area contributed by atoms with Gasteiger partial charge in [-0.1, -0.05) is 22.9 Å². The molecule has 2 unspecified atom stereocenters. The summed E-state index contributed by atoms with van der Waals surface area (Å²) < 4.78 is 7.34. The zero-order valence-electron chi connectivity index (χ0n) is 26.3. The quantitative estimate of drug-likeness (QED) is 0.338. The highest BCUT2D eigenvalue weighted by Crippen LogP contribution is 2.33. The Morgan fingerprint density at radius 2 is 1.77 bits per heavy atom. The molecule has 10 heteroatoms. The Balaban J connectivity index is 1.33. The summed E-state index contributed by atoms with van der Waals surface area (Å²) in [6, 6.07) is 13.7. The lowest BCUT2D eigenvalue weighted by Gasteiger charge is -2.48. The topological polar surface area (TPSA) is 83.8 Å². The van der Waals surface area contributed by atoms with E-state index in [0.29, 0.717) is 30.2 Å². The van der Waals surface area contributed by atoms with Crippen molar-refractivity contribution in [3.63, 3.8) is 0 Å². The number of carbonyl (C=O) groups is 2. The van der Waals surface area contributed by atoms with Gasteiger partial charge in [0.15, 0.2) is 0 Å². The van der Waals surface area contributed by atoms with Crippen LogP contribution in [0.3, 0.4) is 0 Å². The van der Waals surface area contributed by atoms with Crippen molar-refractivity contribution in [3.8, 4) is 5.69 Å². The molecule has 2 fully saturated rings. The van der Waals surface area contributed by atoms with Crippen LogP contribution >= 0.6 is 11.6 Å². The maximum atomic E-state index is 14.1. The SMILES string of the molecule is Cc1ccc(C(=O)N2CCN(c3ccc(Cl)cc3)CC2(C)C)c(-n2cc(C3CCN(C(=O)OC(C)(C)C)C(C)C3)nn2)c1. The number of likely N-dealkylation sites (tertiary alicyclic amines) is 1. The number of aryl methyl sites for hydroxylation is 1. The van der Waals surface area contributed by atoms with Crippen LogP contribution in [0.25, 0.3) is 5.69 Å². The number of hydrogen-bond donors (Lipinski definition) is 0. The minimum atomic E-state index is -0.529. The highest BCUT2D eigenvalue weighted by Gasteiger charge is 2.38. The number of piperidine rings is 1. The number of aromatic nitrogens is 3. The number of carbonyl (C=O) groups excluding carboxylic acids is 2. The van der Waals surface area contributed by atoms with E-state index in [2.05, 4.69) is 29.1 Å². The lowest BCUT2D eigenvalue weighted by atomic mass is 9.89. The van der Waals surface area contributed by atoms with E-state index in [9.17, 15) is 9.59 Å². The highest BCUT2D eigenvalue weighted by atomic mass is 35.5. The third kappa shape index (κ3) is 6.82. The van der Waals surface area contributed by atoms with Crippen LogP contribution < -0.4 is 4.90 Å². The fourth-order valence-corrected chi connectivity index (χ4v) is 6.30. The molecule has 43 heavy (non-hydrogen) atoms. The molecular formula is C33H43ClN6O3. The average Bonchev–Trinajstić information content (AvgIpc) is 3.42. The van der Waals surface area contributed by atoms with Gasteiger partial charge in [0.05, 0.1) is 28.7 Å². The van der Waals surface area contributed by atoms with Crippen molar-refractivity contribution in [2.45, 2.75) is 84.4 Å². The van der Waals surface area contributed by atoms with Crippen LogP contribution in [-0.2, 0) is 4.74 Å². The molecule has 1 aromatic heterocycles. The molecule has 2 saturated heterocycles. The molecule has 230 valence electrons. The van der Waals surface area contributed by atoms with Gasteiger partial charge in [-0.3, -0.25) is 4.79 Å². The van der Waals surface area contributed by atoms with E-state index in [-0.39, 0.29) is 24.0 Å². The zero-order chi connectivity index (χ0) is 31.1. The summed E-state index contributed by atoms with van der Waals surface area (Å²) >= 11 is 6.10. The Kier molecular flexibility index (Phi) is 8.49. The summed E-state index contributed by atoms with van der Waals surface area (Å²) in [5, 5.41) is 9.73. The first-order valence-electron chi connectivity index (χ1n) is 15.1. The van der Waals surface area contributed by atoms with E-state index in [1.54, 1.807) is 9.58 Å². The predicted molar refractivity (Wildman–Crippen MR) is 169 cm³/mol. The number of benzene rings is 2. The number of amides is 2. The summed E-state index contributed by atoms with van der Waals surface area (Å²) in [7, 11) is 0. The van der Waals surface area contributed by atoms with E-state index in [4.69, 9.17) is 16.3 Å². The van der Waals surface area contributed by atoms with E-state index >= 15 is 0 Å². The molecule has 0 spiro atoms. The second-order valence-electron chi connectivity index (χ2n) is 13.5. The number of anilines is 1. The third-order valence-corrected chi connectivity index (χ3v) is 8.65. The number of halogens is 1. The molecule has 0 N–H and O–H groups in total. The number of hydrogen-bond acceptors (Lipinski definition) is 6. The Hall–Kier alpha value is -3.59. The zero-order valence-corrected chi connectivity index (χ0v) is 27.1. The predicted octanol–water partition coefficient (Wildman–Crippen LogP) is 6.47. The Morgan fingerprint density at radius 1 is 1.05 bits per heavy atom. The minimum absolute atomic E-state index is 0.0172. The smallest absolute Gasteiger partial charge is 0.410 e. The Labute approximate surface area is 259 Å². The van der Waals surface area contributed by atoms with Crippen LogP contribution in [0.5, 0.6) is 0 Å². The molecule has 2 aromatic carbocycles. The summed E-state index contributed by atoms with van der Waals surface area (Å²) in [6.45, 7) is 16.6. The molecule has 3 heterocycles. The molecule has 3 aromatic rings. The largest absolute Gasteiger partial charge is 0.444 e. The minimum Gasteiger partial charge on any atom is -0.444 e. The van der Waals surface area contributed by atoms with Crippen molar-refractivity contribution in [2.75, 3.05) is 31.1 Å². The fourth-order valence-electron chi connectivity index (χ4n) is 6.18. The molecule has 0 bridgehead atoms. The molecule has 2 amide bonds. The average molecular weight is 607 g/mol. The second kappa shape index (κ2) is 11.8. The molecule has 2 aliphatic heterocycles. The first-order valence-corrected chi connectivity index (χ1v) is 15.4. The van der Waals surface area contributed by atoms with Crippen LogP contribution in [-0.4, -0.2) is 80.2 Å². The molecular weight excluding hydrogens is 564 g/mol. The number of piperazine rings is 1. The third-order valence-electron chi connectivity index (χ3n) is 8.40. The van der Waals surface area contributed by atoms with Gasteiger partial charge in [0, 0.05) is 48.8 Å². The Bertz CT molecular complexity index is 1480. The van der Waals surface area contributed by atoms with Gasteiger partial charge in [-0.15, -0.1) is 5.10 Å². The summed E-state index contributed by atoms with van der Waals surface area (Å²) in [4.78, 5) is 32.9. The Morgan fingerprint density at radius 3 is 2.42 bits per heavy atom. The number of nitrogens with zero attached hydrogens (tertiary/aromatic N) is 6. The molecule has 0 aliphatic carbocycles. The van der Waals surface area contributed by atoms with E-state index < -0.39 is 11.1 Å². The monoisotopic (exact) mass is 606 g/mol. The standard InChI is InChI=1S/C33H43ClN6O3/c1-22-8-13-27(30(41)39-17-16-37(21-33(39,6)7)26-11-9-25(34)10-12-26)29(18-22)40-20-28(35-36-40)24-14-15-38(23(2)19-24)31(42)43-32(3,4)5/h8-13,18,20,23-24H,14-17,19,21H2,1-7H3. The van der Waals surface area contributed by atoms with E-state index in [1.165, 1.54) is 0 Å². The van der Waals surface area contributed by atoms with Crippen molar-refractivity contribution in [1.82, 2.24) is 24.8 Å². The van der Waals surface area contributed by atoms with Gasteiger partial charge in [0.2, 0.25) is 0 Å². The maximum absolute atomic E-state index is 14.1. The van der Waals surface area contributed by atoms with Gasteiger partial charge in [0.1, 0.15) is 5.60 Å². The van der Waals surface area contributed by atoms with Crippen LogP contribution in [0.15, 0.2) is 48.7 Å². The molecule has 2 atom stereocenters. The summed E-state index contributed by atoms with van der Waals surface area (Å²) in [6.07, 6.45) is 3.20. The van der Waals surface area contributed by atoms with E-state index in [0.717, 1.165) is 42.0 Å². The van der Waals surface area contributed by atoms with Gasteiger partial charge < -0.3 is 19.4 Å². The molecule has 5 rings (SSSR count). The van der Waals surface area contributed by atoms with Crippen molar-refractivity contribution in [1.29, 1.82) is 0 Å². The maximum Gasteiger partial charge on any atom is 0.410 e. The first kappa shape index (κ1) is 30.9. The van der Waals surface area contributed by atoms with Crippen molar-refractivity contribution < 1.29 is 14.3 Å². The second-order valence-corrected chi connectivity index (χ2v) is 14.0. The molecule has 0 saturated carbocycles. The number of ether oxygens (including phenoxy) is 1. The normalized spacial score (nSPS) is 20.7. The fraction of sp³-hybridized carbons (Fsp3) is 0.515. The lowest BCUT2D eigenvalue weighted by Crippen LogP contribution is -2.61. The number of rotatable bonds is 4.